The molecule has 96 valence electrons. The van der Waals surface area contributed by atoms with Crippen LogP contribution in [0, 0.1) is 5.92 Å². The number of rotatable bonds is 6. The summed E-state index contributed by atoms with van der Waals surface area (Å²) in [5.41, 5.74) is 1.26. The monoisotopic (exact) mass is 237 g/mol. The van der Waals surface area contributed by atoms with Crippen LogP contribution in [0.2, 0.25) is 0 Å². The Hall–Kier alpha value is -1.22. The SMILES string of the molecule is CNC(Cc1ccc(OC)c(OC)c1)C(C)C. The molecule has 1 rings (SSSR count). The maximum absolute atomic E-state index is 5.31. The highest BCUT2D eigenvalue weighted by atomic mass is 16.5. The molecule has 0 heterocycles. The van der Waals surface area contributed by atoms with E-state index in [0.29, 0.717) is 12.0 Å². The largest absolute Gasteiger partial charge is 0.493 e. The van der Waals surface area contributed by atoms with E-state index in [4.69, 9.17) is 9.47 Å². The Bertz CT molecular complexity index is 350. The van der Waals surface area contributed by atoms with Gasteiger partial charge in [-0.15, -0.1) is 0 Å². The molecule has 0 saturated heterocycles. The van der Waals surface area contributed by atoms with Crippen LogP contribution in [0.15, 0.2) is 18.2 Å². The summed E-state index contributed by atoms with van der Waals surface area (Å²) in [4.78, 5) is 0. The molecule has 0 amide bonds. The van der Waals surface area contributed by atoms with Crippen LogP contribution in [0.5, 0.6) is 11.5 Å². The first-order chi connectivity index (χ1) is 8.12. The first kappa shape index (κ1) is 13.8. The van der Waals surface area contributed by atoms with Crippen LogP contribution in [-0.2, 0) is 6.42 Å². The van der Waals surface area contributed by atoms with Gasteiger partial charge in [0.25, 0.3) is 0 Å². The lowest BCUT2D eigenvalue weighted by atomic mass is 9.96. The van der Waals surface area contributed by atoms with Crippen LogP contribution >= 0.6 is 0 Å². The number of hydrogen-bond acceptors (Lipinski definition) is 3. The van der Waals surface area contributed by atoms with Gasteiger partial charge < -0.3 is 14.8 Å². The van der Waals surface area contributed by atoms with E-state index in [1.54, 1.807) is 14.2 Å². The lowest BCUT2D eigenvalue weighted by Gasteiger charge is -2.20. The fraction of sp³-hybridized carbons (Fsp3) is 0.571. The second-order valence-corrected chi connectivity index (χ2v) is 4.53. The summed E-state index contributed by atoms with van der Waals surface area (Å²) >= 11 is 0. The molecular formula is C14H23NO2. The van der Waals surface area contributed by atoms with Gasteiger partial charge in [-0.25, -0.2) is 0 Å². The predicted molar refractivity (Wildman–Crippen MR) is 70.9 cm³/mol. The van der Waals surface area contributed by atoms with E-state index in [1.807, 2.05) is 19.2 Å². The summed E-state index contributed by atoms with van der Waals surface area (Å²) in [6.45, 7) is 4.45. The Morgan fingerprint density at radius 1 is 1.12 bits per heavy atom. The summed E-state index contributed by atoms with van der Waals surface area (Å²) in [5, 5.41) is 3.34. The van der Waals surface area contributed by atoms with Gasteiger partial charge in [0.1, 0.15) is 0 Å². The van der Waals surface area contributed by atoms with Crippen LogP contribution in [0.3, 0.4) is 0 Å². The average molecular weight is 237 g/mol. The van der Waals surface area contributed by atoms with Gasteiger partial charge in [-0.1, -0.05) is 19.9 Å². The molecule has 3 nitrogen and oxygen atoms in total. The van der Waals surface area contributed by atoms with Crippen LogP contribution in [0.1, 0.15) is 19.4 Å². The molecular weight excluding hydrogens is 214 g/mol. The van der Waals surface area contributed by atoms with Crippen LogP contribution in [0.4, 0.5) is 0 Å². The zero-order valence-electron chi connectivity index (χ0n) is 11.4. The topological polar surface area (TPSA) is 30.5 Å². The zero-order valence-corrected chi connectivity index (χ0v) is 11.4. The van der Waals surface area contributed by atoms with Crippen LogP contribution in [-0.4, -0.2) is 27.3 Å². The van der Waals surface area contributed by atoms with Crippen molar-refractivity contribution in [2.24, 2.45) is 5.92 Å². The molecule has 1 aromatic carbocycles. The summed E-state index contributed by atoms with van der Waals surface area (Å²) in [6, 6.07) is 6.58. The van der Waals surface area contributed by atoms with Crippen molar-refractivity contribution in [2.45, 2.75) is 26.3 Å². The van der Waals surface area contributed by atoms with Gasteiger partial charge in [0.2, 0.25) is 0 Å². The lowest BCUT2D eigenvalue weighted by Crippen LogP contribution is -2.32. The third-order valence-electron chi connectivity index (χ3n) is 3.08. The molecule has 1 N–H and O–H groups in total. The molecule has 1 aromatic rings. The van der Waals surface area contributed by atoms with Gasteiger partial charge in [-0.3, -0.25) is 0 Å². The van der Waals surface area contributed by atoms with E-state index in [-0.39, 0.29) is 0 Å². The van der Waals surface area contributed by atoms with Crippen molar-refractivity contribution in [3.63, 3.8) is 0 Å². The van der Waals surface area contributed by atoms with Crippen molar-refractivity contribution in [3.8, 4) is 11.5 Å². The van der Waals surface area contributed by atoms with E-state index in [1.165, 1.54) is 5.56 Å². The van der Waals surface area contributed by atoms with E-state index >= 15 is 0 Å². The quantitative estimate of drug-likeness (QED) is 0.824. The van der Waals surface area contributed by atoms with Gasteiger partial charge in [0.05, 0.1) is 14.2 Å². The van der Waals surface area contributed by atoms with E-state index in [9.17, 15) is 0 Å². The summed E-state index contributed by atoms with van der Waals surface area (Å²) in [7, 11) is 5.33. The molecule has 1 atom stereocenters. The number of nitrogens with one attached hydrogen (secondary N) is 1. The number of methoxy groups -OCH3 is 2. The molecule has 0 saturated carbocycles. The van der Waals surface area contributed by atoms with E-state index < -0.39 is 0 Å². The predicted octanol–water partition coefficient (Wildman–Crippen LogP) is 2.49. The molecule has 0 radical (unpaired) electrons. The lowest BCUT2D eigenvalue weighted by molar-refractivity contribution is 0.353. The molecule has 0 spiro atoms. The van der Waals surface area contributed by atoms with Gasteiger partial charge >= 0.3 is 0 Å². The van der Waals surface area contributed by atoms with Gasteiger partial charge in [0.15, 0.2) is 11.5 Å². The van der Waals surface area contributed by atoms with Crippen LogP contribution in [0.25, 0.3) is 0 Å². The number of likely N-dealkylation sites (N-methyl/N-ethyl adjacent to an activating group) is 1. The molecule has 17 heavy (non-hydrogen) atoms. The Morgan fingerprint density at radius 2 is 1.76 bits per heavy atom. The Balaban J connectivity index is 2.85. The molecule has 0 aliphatic carbocycles. The normalized spacial score (nSPS) is 12.6. The minimum Gasteiger partial charge on any atom is -0.493 e. The molecule has 0 aromatic heterocycles. The zero-order chi connectivity index (χ0) is 12.8. The highest BCUT2D eigenvalue weighted by molar-refractivity contribution is 5.43. The summed E-state index contributed by atoms with van der Waals surface area (Å²) in [5.74, 6) is 2.18. The van der Waals surface area contributed by atoms with Crippen molar-refractivity contribution in [2.75, 3.05) is 21.3 Å². The second kappa shape index (κ2) is 6.50. The number of benzene rings is 1. The van der Waals surface area contributed by atoms with Crippen molar-refractivity contribution in [1.29, 1.82) is 0 Å². The Labute approximate surface area is 104 Å². The number of ether oxygens (including phenoxy) is 2. The second-order valence-electron chi connectivity index (χ2n) is 4.53. The molecule has 0 aliphatic rings. The van der Waals surface area contributed by atoms with Crippen molar-refractivity contribution in [1.82, 2.24) is 5.32 Å². The first-order valence-electron chi connectivity index (χ1n) is 6.00. The summed E-state index contributed by atoms with van der Waals surface area (Å²) < 4.78 is 10.5. The number of hydrogen-bond donors (Lipinski definition) is 1. The van der Waals surface area contributed by atoms with Crippen molar-refractivity contribution in [3.05, 3.63) is 23.8 Å². The van der Waals surface area contributed by atoms with Gasteiger partial charge in [-0.05, 0) is 37.1 Å². The standard InChI is InChI=1S/C14H23NO2/c1-10(2)12(15-3)8-11-6-7-13(16-4)14(9-11)17-5/h6-7,9-10,12,15H,8H2,1-5H3. The Morgan fingerprint density at radius 3 is 2.24 bits per heavy atom. The van der Waals surface area contributed by atoms with Crippen molar-refractivity contribution < 1.29 is 9.47 Å². The highest BCUT2D eigenvalue weighted by Crippen LogP contribution is 2.28. The van der Waals surface area contributed by atoms with E-state index in [2.05, 4.69) is 25.2 Å². The first-order valence-corrected chi connectivity index (χ1v) is 6.00. The smallest absolute Gasteiger partial charge is 0.160 e. The highest BCUT2D eigenvalue weighted by Gasteiger charge is 2.13. The van der Waals surface area contributed by atoms with Crippen molar-refractivity contribution >= 4 is 0 Å². The summed E-state index contributed by atoms with van der Waals surface area (Å²) in [6.07, 6.45) is 0.995. The van der Waals surface area contributed by atoms with Gasteiger partial charge in [-0.2, -0.15) is 0 Å². The molecule has 0 bridgehead atoms. The fourth-order valence-corrected chi connectivity index (χ4v) is 1.93. The minimum atomic E-state index is 0.480. The van der Waals surface area contributed by atoms with Crippen LogP contribution < -0.4 is 14.8 Å². The fourth-order valence-electron chi connectivity index (χ4n) is 1.93. The third kappa shape index (κ3) is 3.63. The Kier molecular flexibility index (Phi) is 5.29. The molecule has 3 heteroatoms. The molecule has 1 unspecified atom stereocenters. The van der Waals surface area contributed by atoms with E-state index in [0.717, 1.165) is 17.9 Å². The minimum absolute atomic E-state index is 0.480. The maximum Gasteiger partial charge on any atom is 0.160 e. The maximum atomic E-state index is 5.31. The third-order valence-corrected chi connectivity index (χ3v) is 3.08. The average Bonchev–Trinajstić information content (AvgIpc) is 2.35. The molecule has 0 aliphatic heterocycles. The van der Waals surface area contributed by atoms with Gasteiger partial charge in [0, 0.05) is 6.04 Å². The molecule has 0 fully saturated rings.